The summed E-state index contributed by atoms with van der Waals surface area (Å²) in [6, 6.07) is 2.12. The average molecular weight is 352 g/mol. The molecule has 1 N–H and O–H groups in total. The van der Waals surface area contributed by atoms with Gasteiger partial charge in [0, 0.05) is 11.4 Å². The number of aryl methyl sites for hydroxylation is 1. The lowest BCUT2D eigenvalue weighted by Crippen LogP contribution is -2.24. The Morgan fingerprint density at radius 2 is 2.40 bits per heavy atom. The Hall–Kier alpha value is -1.58. The molecule has 0 bridgehead atoms. The summed E-state index contributed by atoms with van der Waals surface area (Å²) >= 11 is 5.01. The van der Waals surface area contributed by atoms with Crippen molar-refractivity contribution in [1.29, 1.82) is 0 Å². The quantitative estimate of drug-likeness (QED) is 0.842. The van der Waals surface area contributed by atoms with Gasteiger partial charge in [0.2, 0.25) is 0 Å². The molecule has 0 aliphatic rings. The van der Waals surface area contributed by atoms with E-state index >= 15 is 0 Å². The first-order valence-electron chi connectivity index (χ1n) is 6.15. The summed E-state index contributed by atoms with van der Waals surface area (Å²) in [6.07, 6.45) is 7.81. The maximum absolute atomic E-state index is 12.0. The minimum Gasteiger partial charge on any atom is -0.378 e. The van der Waals surface area contributed by atoms with E-state index in [0.29, 0.717) is 16.7 Å². The zero-order chi connectivity index (χ0) is 14.5. The van der Waals surface area contributed by atoms with Crippen molar-refractivity contribution in [3.8, 4) is 12.3 Å². The average Bonchev–Trinajstić information content (AvgIpc) is 2.91. The number of hydrogen-bond donors (Lipinski definition) is 1. The van der Waals surface area contributed by atoms with Gasteiger partial charge in [-0.15, -0.1) is 17.8 Å². The number of terminal acetylenes is 1. The van der Waals surface area contributed by atoms with Gasteiger partial charge in [-0.2, -0.15) is 5.10 Å². The molecule has 0 spiro atoms. The predicted octanol–water partition coefficient (Wildman–Crippen LogP) is 2.88. The van der Waals surface area contributed by atoms with Crippen LogP contribution in [0.4, 0.5) is 5.69 Å². The van der Waals surface area contributed by atoms with Gasteiger partial charge in [-0.3, -0.25) is 4.79 Å². The third-order valence-electron chi connectivity index (χ3n) is 2.88. The standard InChI is InChI=1S/C14H14BrN3OS/c1-3-6-18-14(19)13(15)11(8-17-18)16-9-12-10(4-2)5-7-20-12/h1,5,7-8,16H,4,6,9H2,2H3. The van der Waals surface area contributed by atoms with Gasteiger partial charge in [0.25, 0.3) is 5.56 Å². The van der Waals surface area contributed by atoms with Gasteiger partial charge < -0.3 is 5.32 Å². The summed E-state index contributed by atoms with van der Waals surface area (Å²) in [5.41, 5.74) is 1.78. The Kier molecular flexibility index (Phi) is 4.99. The molecule has 6 heteroatoms. The summed E-state index contributed by atoms with van der Waals surface area (Å²) in [7, 11) is 0. The molecular weight excluding hydrogens is 338 g/mol. The minimum absolute atomic E-state index is 0.169. The highest BCUT2D eigenvalue weighted by molar-refractivity contribution is 9.10. The minimum atomic E-state index is -0.227. The molecule has 2 heterocycles. The number of thiophene rings is 1. The third kappa shape index (κ3) is 3.11. The van der Waals surface area contributed by atoms with E-state index < -0.39 is 0 Å². The first-order chi connectivity index (χ1) is 9.67. The molecule has 0 saturated heterocycles. The van der Waals surface area contributed by atoms with E-state index in [1.807, 2.05) is 0 Å². The maximum atomic E-state index is 12.0. The summed E-state index contributed by atoms with van der Waals surface area (Å²) in [5.74, 6) is 2.40. The number of anilines is 1. The number of rotatable bonds is 5. The number of aromatic nitrogens is 2. The van der Waals surface area contributed by atoms with Crippen LogP contribution >= 0.6 is 27.3 Å². The molecular formula is C14H14BrN3OS. The summed E-state index contributed by atoms with van der Waals surface area (Å²) in [5, 5.41) is 9.36. The fourth-order valence-electron chi connectivity index (χ4n) is 1.80. The van der Waals surface area contributed by atoms with Gasteiger partial charge in [0.15, 0.2) is 0 Å². The molecule has 20 heavy (non-hydrogen) atoms. The van der Waals surface area contributed by atoms with Crippen molar-refractivity contribution in [2.75, 3.05) is 5.32 Å². The lowest BCUT2D eigenvalue weighted by molar-refractivity contribution is 0.659. The Balaban J connectivity index is 2.17. The second-order valence-corrected chi connectivity index (χ2v) is 5.91. The van der Waals surface area contributed by atoms with Gasteiger partial charge >= 0.3 is 0 Å². The number of halogens is 1. The van der Waals surface area contributed by atoms with Gasteiger partial charge in [-0.25, -0.2) is 4.68 Å². The molecule has 2 aromatic rings. The van der Waals surface area contributed by atoms with Crippen LogP contribution in [0.25, 0.3) is 0 Å². The van der Waals surface area contributed by atoms with Crippen molar-refractivity contribution in [3.05, 3.63) is 42.9 Å². The Morgan fingerprint density at radius 1 is 1.60 bits per heavy atom. The van der Waals surface area contributed by atoms with Gasteiger partial charge in [-0.05, 0) is 39.4 Å². The van der Waals surface area contributed by atoms with Gasteiger partial charge in [0.05, 0.1) is 11.9 Å². The molecule has 2 aromatic heterocycles. The van der Waals surface area contributed by atoms with E-state index in [2.05, 4.69) is 50.6 Å². The van der Waals surface area contributed by atoms with E-state index in [-0.39, 0.29) is 12.1 Å². The highest BCUT2D eigenvalue weighted by Gasteiger charge is 2.09. The molecule has 2 rings (SSSR count). The van der Waals surface area contributed by atoms with Crippen LogP contribution in [0.3, 0.4) is 0 Å². The van der Waals surface area contributed by atoms with Crippen LogP contribution in [0, 0.1) is 12.3 Å². The molecule has 0 aromatic carbocycles. The molecule has 0 amide bonds. The lowest BCUT2D eigenvalue weighted by Gasteiger charge is -2.09. The Bertz CT molecular complexity index is 699. The second kappa shape index (κ2) is 6.73. The normalized spacial score (nSPS) is 10.2. The summed E-state index contributed by atoms with van der Waals surface area (Å²) in [6.45, 7) is 2.98. The first kappa shape index (κ1) is 14.8. The van der Waals surface area contributed by atoms with Crippen molar-refractivity contribution in [2.45, 2.75) is 26.4 Å². The van der Waals surface area contributed by atoms with Crippen LogP contribution in [0.5, 0.6) is 0 Å². The lowest BCUT2D eigenvalue weighted by atomic mass is 10.2. The Morgan fingerprint density at radius 3 is 3.10 bits per heavy atom. The van der Waals surface area contributed by atoms with E-state index in [0.717, 1.165) is 6.42 Å². The van der Waals surface area contributed by atoms with E-state index in [1.165, 1.54) is 15.1 Å². The van der Waals surface area contributed by atoms with Crippen LogP contribution < -0.4 is 10.9 Å². The van der Waals surface area contributed by atoms with E-state index in [9.17, 15) is 4.79 Å². The first-order valence-corrected chi connectivity index (χ1v) is 7.82. The summed E-state index contributed by atoms with van der Waals surface area (Å²) in [4.78, 5) is 13.3. The topological polar surface area (TPSA) is 46.9 Å². The molecule has 0 radical (unpaired) electrons. The highest BCUT2D eigenvalue weighted by atomic mass is 79.9. The zero-order valence-corrected chi connectivity index (χ0v) is 13.4. The third-order valence-corrected chi connectivity index (χ3v) is 4.61. The van der Waals surface area contributed by atoms with Crippen molar-refractivity contribution in [1.82, 2.24) is 9.78 Å². The van der Waals surface area contributed by atoms with Crippen LogP contribution in [-0.2, 0) is 19.5 Å². The number of nitrogens with one attached hydrogen (secondary N) is 1. The van der Waals surface area contributed by atoms with Gasteiger partial charge in [-0.1, -0.05) is 12.8 Å². The maximum Gasteiger partial charge on any atom is 0.284 e. The predicted molar refractivity (Wildman–Crippen MR) is 86.1 cm³/mol. The van der Waals surface area contributed by atoms with Crippen molar-refractivity contribution >= 4 is 33.0 Å². The fraction of sp³-hybridized carbons (Fsp3) is 0.286. The SMILES string of the molecule is C#CCn1ncc(NCc2sccc2CC)c(Br)c1=O. The van der Waals surface area contributed by atoms with Crippen molar-refractivity contribution < 1.29 is 0 Å². The van der Waals surface area contributed by atoms with E-state index in [4.69, 9.17) is 6.42 Å². The summed E-state index contributed by atoms with van der Waals surface area (Å²) < 4.78 is 1.70. The molecule has 0 aliphatic carbocycles. The van der Waals surface area contributed by atoms with Gasteiger partial charge in [0.1, 0.15) is 11.0 Å². The molecule has 0 unspecified atom stereocenters. The van der Waals surface area contributed by atoms with Crippen molar-refractivity contribution in [3.63, 3.8) is 0 Å². The van der Waals surface area contributed by atoms with Crippen LogP contribution in [0.15, 0.2) is 26.9 Å². The fourth-order valence-corrected chi connectivity index (χ4v) is 3.16. The number of hydrogen-bond acceptors (Lipinski definition) is 4. The molecule has 4 nitrogen and oxygen atoms in total. The van der Waals surface area contributed by atoms with Crippen LogP contribution in [0.2, 0.25) is 0 Å². The smallest absolute Gasteiger partial charge is 0.284 e. The molecule has 104 valence electrons. The second-order valence-electron chi connectivity index (χ2n) is 4.12. The van der Waals surface area contributed by atoms with Crippen molar-refractivity contribution in [2.24, 2.45) is 0 Å². The molecule has 0 saturated carbocycles. The monoisotopic (exact) mass is 351 g/mol. The van der Waals surface area contributed by atoms with Crippen LogP contribution in [-0.4, -0.2) is 9.78 Å². The van der Waals surface area contributed by atoms with Crippen LogP contribution in [0.1, 0.15) is 17.4 Å². The molecule has 0 aliphatic heterocycles. The molecule has 0 atom stereocenters. The van der Waals surface area contributed by atoms with E-state index in [1.54, 1.807) is 17.5 Å². The zero-order valence-electron chi connectivity index (χ0n) is 11.0. The largest absolute Gasteiger partial charge is 0.378 e. The highest BCUT2D eigenvalue weighted by Crippen LogP contribution is 2.21. The number of nitrogens with zero attached hydrogens (tertiary/aromatic N) is 2. The molecule has 0 fully saturated rings. The Labute approximate surface area is 130 Å².